The maximum Gasteiger partial charge on any atom is 0.306 e. The lowest BCUT2D eigenvalue weighted by Gasteiger charge is -2.18. The third kappa shape index (κ3) is 48.3. The molecule has 0 bridgehead atoms. The monoisotopic (exact) mass is 839 g/mol. The van der Waals surface area contributed by atoms with Crippen LogP contribution in [-0.2, 0) is 23.8 Å². The summed E-state index contributed by atoms with van der Waals surface area (Å²) in [7, 11) is 0. The molecule has 60 heavy (non-hydrogen) atoms. The highest BCUT2D eigenvalue weighted by Gasteiger charge is 2.17. The summed E-state index contributed by atoms with van der Waals surface area (Å²) < 4.78 is 17.3. The Kier molecular flexibility index (Phi) is 48.9. The smallest absolute Gasteiger partial charge is 0.306 e. The van der Waals surface area contributed by atoms with E-state index in [4.69, 9.17) is 14.2 Å². The van der Waals surface area contributed by atoms with Gasteiger partial charge in [0.15, 0.2) is 6.10 Å². The standard InChI is InChI=1S/C55H98O5/c1-4-7-10-13-15-17-19-21-23-25-27-29-31-33-35-37-39-41-44-47-50-58-51-53(60-55(57)49-46-42-12-9-6-3)52-59-54(56)48-45-43-40-38-36-34-32-30-28-26-24-22-20-18-16-14-11-8-5-2/h15-18,21-24,27,29,53H,4-14,19-20,25-26,28,30-52H2,1-3H3/b17-15-,18-16-,23-21-,24-22-,29-27-. The molecule has 0 aliphatic rings. The van der Waals surface area contributed by atoms with Crippen molar-refractivity contribution in [3.8, 4) is 0 Å². The number of rotatable bonds is 47. The molecule has 1 unspecified atom stereocenters. The molecular weight excluding hydrogens is 741 g/mol. The van der Waals surface area contributed by atoms with Gasteiger partial charge in [0.1, 0.15) is 6.61 Å². The zero-order chi connectivity index (χ0) is 43.5. The van der Waals surface area contributed by atoms with Gasteiger partial charge in [-0.15, -0.1) is 0 Å². The van der Waals surface area contributed by atoms with Crippen molar-refractivity contribution in [2.75, 3.05) is 19.8 Å². The Bertz CT molecular complexity index is 1040. The van der Waals surface area contributed by atoms with Crippen molar-refractivity contribution >= 4 is 11.9 Å². The van der Waals surface area contributed by atoms with Crippen LogP contribution in [0.2, 0.25) is 0 Å². The molecule has 0 heterocycles. The highest BCUT2D eigenvalue weighted by molar-refractivity contribution is 5.70. The zero-order valence-corrected chi connectivity index (χ0v) is 40.0. The lowest BCUT2D eigenvalue weighted by atomic mass is 10.1. The van der Waals surface area contributed by atoms with Gasteiger partial charge in [-0.1, -0.05) is 210 Å². The van der Waals surface area contributed by atoms with Crippen LogP contribution >= 0.6 is 0 Å². The number of allylic oxidation sites excluding steroid dienone is 10. The summed E-state index contributed by atoms with van der Waals surface area (Å²) in [6, 6.07) is 0. The molecule has 0 aliphatic carbocycles. The Balaban J connectivity index is 4.03. The average molecular weight is 839 g/mol. The zero-order valence-electron chi connectivity index (χ0n) is 40.0. The van der Waals surface area contributed by atoms with Crippen molar-refractivity contribution in [2.24, 2.45) is 0 Å². The normalized spacial score (nSPS) is 12.7. The topological polar surface area (TPSA) is 61.8 Å². The minimum absolute atomic E-state index is 0.0785. The van der Waals surface area contributed by atoms with Gasteiger partial charge >= 0.3 is 11.9 Å². The van der Waals surface area contributed by atoms with Crippen LogP contribution in [0.4, 0.5) is 0 Å². The number of carbonyl (C=O) groups excluding carboxylic acids is 2. The van der Waals surface area contributed by atoms with Crippen LogP contribution < -0.4 is 0 Å². The Morgan fingerprint density at radius 1 is 0.367 bits per heavy atom. The fourth-order valence-corrected chi connectivity index (χ4v) is 7.13. The van der Waals surface area contributed by atoms with Crippen LogP contribution in [0, 0.1) is 0 Å². The molecule has 0 rings (SSSR count). The summed E-state index contributed by atoms with van der Waals surface area (Å²) in [6.45, 7) is 7.70. The largest absolute Gasteiger partial charge is 0.462 e. The first kappa shape index (κ1) is 57.6. The third-order valence-corrected chi connectivity index (χ3v) is 11.0. The van der Waals surface area contributed by atoms with E-state index in [1.165, 1.54) is 154 Å². The lowest BCUT2D eigenvalue weighted by Crippen LogP contribution is -2.30. The highest BCUT2D eigenvalue weighted by Crippen LogP contribution is 2.14. The van der Waals surface area contributed by atoms with E-state index < -0.39 is 6.10 Å². The number of unbranched alkanes of at least 4 members (excludes halogenated alkanes) is 26. The van der Waals surface area contributed by atoms with Crippen molar-refractivity contribution < 1.29 is 23.8 Å². The maximum atomic E-state index is 12.6. The van der Waals surface area contributed by atoms with Gasteiger partial charge in [0.2, 0.25) is 0 Å². The molecule has 0 radical (unpaired) electrons. The molecule has 0 amide bonds. The first-order valence-electron chi connectivity index (χ1n) is 25.8. The fraction of sp³-hybridized carbons (Fsp3) is 0.782. The third-order valence-electron chi connectivity index (χ3n) is 11.0. The fourth-order valence-electron chi connectivity index (χ4n) is 7.13. The van der Waals surface area contributed by atoms with Crippen LogP contribution in [0.1, 0.15) is 252 Å². The van der Waals surface area contributed by atoms with Gasteiger partial charge in [-0.25, -0.2) is 0 Å². The van der Waals surface area contributed by atoms with Crippen molar-refractivity contribution in [1.29, 1.82) is 0 Å². The summed E-state index contributed by atoms with van der Waals surface area (Å²) in [5.41, 5.74) is 0. The van der Waals surface area contributed by atoms with Gasteiger partial charge in [0.25, 0.3) is 0 Å². The van der Waals surface area contributed by atoms with E-state index in [9.17, 15) is 9.59 Å². The average Bonchev–Trinajstić information content (AvgIpc) is 3.25. The van der Waals surface area contributed by atoms with Crippen molar-refractivity contribution in [3.63, 3.8) is 0 Å². The summed E-state index contributed by atoms with van der Waals surface area (Å²) in [4.78, 5) is 25.1. The van der Waals surface area contributed by atoms with Crippen molar-refractivity contribution in [1.82, 2.24) is 0 Å². The summed E-state index contributed by atoms with van der Waals surface area (Å²) in [5, 5.41) is 0. The molecule has 0 fully saturated rings. The van der Waals surface area contributed by atoms with E-state index in [1.54, 1.807) is 0 Å². The number of ether oxygens (including phenoxy) is 3. The Hall–Kier alpha value is -2.40. The van der Waals surface area contributed by atoms with Crippen LogP contribution in [-0.4, -0.2) is 37.9 Å². The van der Waals surface area contributed by atoms with Gasteiger partial charge in [-0.2, -0.15) is 0 Å². The molecule has 0 aromatic carbocycles. The van der Waals surface area contributed by atoms with Crippen LogP contribution in [0.3, 0.4) is 0 Å². The lowest BCUT2D eigenvalue weighted by molar-refractivity contribution is -0.163. The van der Waals surface area contributed by atoms with Gasteiger partial charge < -0.3 is 14.2 Å². The molecule has 1 atom stereocenters. The predicted octanol–water partition coefficient (Wildman–Crippen LogP) is 17.3. The van der Waals surface area contributed by atoms with E-state index in [1.807, 2.05) is 0 Å². The number of esters is 2. The maximum absolute atomic E-state index is 12.6. The molecular formula is C55H98O5. The summed E-state index contributed by atoms with van der Waals surface area (Å²) >= 11 is 0. The molecule has 0 aromatic rings. The minimum Gasteiger partial charge on any atom is -0.462 e. The number of carbonyl (C=O) groups is 2. The molecule has 348 valence electrons. The SMILES string of the molecule is CCCCC/C=C\C/C=C\C/C=C\CCCCCCCCCOCC(COC(=O)CCCCCCCCCCC/C=C\C/C=C\CCCCC)OC(=O)CCCCCCC. The van der Waals surface area contributed by atoms with Crippen molar-refractivity contribution in [2.45, 2.75) is 258 Å². The van der Waals surface area contributed by atoms with E-state index in [0.717, 1.165) is 64.2 Å². The quantitative estimate of drug-likeness (QED) is 0.0347. The Labute approximate surface area is 373 Å². The number of hydrogen-bond donors (Lipinski definition) is 0. The number of hydrogen-bond acceptors (Lipinski definition) is 5. The molecule has 0 saturated heterocycles. The second kappa shape index (κ2) is 51.0. The first-order valence-corrected chi connectivity index (χ1v) is 25.8. The predicted molar refractivity (Wildman–Crippen MR) is 261 cm³/mol. The second-order valence-corrected chi connectivity index (χ2v) is 17.1. The molecule has 5 nitrogen and oxygen atoms in total. The van der Waals surface area contributed by atoms with Gasteiger partial charge in [-0.3, -0.25) is 9.59 Å². The molecule has 5 heteroatoms. The van der Waals surface area contributed by atoms with Crippen LogP contribution in [0.5, 0.6) is 0 Å². The molecule has 0 spiro atoms. The molecule has 0 aromatic heterocycles. The van der Waals surface area contributed by atoms with Gasteiger partial charge in [0.05, 0.1) is 6.61 Å². The highest BCUT2D eigenvalue weighted by atomic mass is 16.6. The second-order valence-electron chi connectivity index (χ2n) is 17.1. The van der Waals surface area contributed by atoms with Gasteiger partial charge in [0, 0.05) is 19.4 Å². The molecule has 0 aliphatic heterocycles. The Morgan fingerprint density at radius 3 is 1.15 bits per heavy atom. The van der Waals surface area contributed by atoms with E-state index in [0.29, 0.717) is 19.4 Å². The van der Waals surface area contributed by atoms with Gasteiger partial charge in [-0.05, 0) is 89.9 Å². The van der Waals surface area contributed by atoms with E-state index in [2.05, 4.69) is 81.5 Å². The first-order chi connectivity index (χ1) is 29.6. The van der Waals surface area contributed by atoms with Crippen LogP contribution in [0.25, 0.3) is 0 Å². The Morgan fingerprint density at radius 2 is 0.700 bits per heavy atom. The summed E-state index contributed by atoms with van der Waals surface area (Å²) in [6.07, 6.45) is 64.0. The van der Waals surface area contributed by atoms with Crippen molar-refractivity contribution in [3.05, 3.63) is 60.8 Å². The molecule has 0 N–H and O–H groups in total. The summed E-state index contributed by atoms with van der Waals surface area (Å²) in [5.74, 6) is -0.416. The van der Waals surface area contributed by atoms with Crippen LogP contribution in [0.15, 0.2) is 60.8 Å². The minimum atomic E-state index is -0.539. The van der Waals surface area contributed by atoms with E-state index in [-0.39, 0.29) is 25.2 Å². The molecule has 0 saturated carbocycles. The van der Waals surface area contributed by atoms with E-state index >= 15 is 0 Å².